The van der Waals surface area contributed by atoms with Crippen molar-refractivity contribution < 1.29 is 23.9 Å². The number of anilines is 2. The fourth-order valence-corrected chi connectivity index (χ4v) is 4.57. The van der Waals surface area contributed by atoms with Gasteiger partial charge >= 0.3 is 5.97 Å². The van der Waals surface area contributed by atoms with Gasteiger partial charge in [-0.25, -0.2) is 4.79 Å². The Morgan fingerprint density at radius 1 is 1.00 bits per heavy atom. The molecule has 0 spiro atoms. The summed E-state index contributed by atoms with van der Waals surface area (Å²) in [4.78, 5) is 52.1. The van der Waals surface area contributed by atoms with Gasteiger partial charge in [0, 0.05) is 11.3 Å². The molecule has 0 radical (unpaired) electrons. The molecule has 1 fully saturated rings. The van der Waals surface area contributed by atoms with E-state index in [1.54, 1.807) is 48.5 Å². The second kappa shape index (κ2) is 10.7. The molecule has 1 aliphatic heterocycles. The Morgan fingerprint density at radius 3 is 2.49 bits per heavy atom. The quantitative estimate of drug-likeness (QED) is 0.248. The Bertz CT molecular complexity index is 1170. The summed E-state index contributed by atoms with van der Waals surface area (Å²) < 4.78 is 5.25. The van der Waals surface area contributed by atoms with E-state index in [4.69, 9.17) is 4.74 Å². The lowest BCUT2D eigenvalue weighted by Crippen LogP contribution is -2.31. The highest BCUT2D eigenvalue weighted by molar-refractivity contribution is 6.22. The van der Waals surface area contributed by atoms with E-state index >= 15 is 0 Å². The van der Waals surface area contributed by atoms with Crippen molar-refractivity contribution in [1.29, 1.82) is 0 Å². The van der Waals surface area contributed by atoms with Crippen LogP contribution in [0.15, 0.2) is 60.2 Å². The predicted molar refractivity (Wildman–Crippen MR) is 133 cm³/mol. The molecule has 7 nitrogen and oxygen atoms in total. The van der Waals surface area contributed by atoms with E-state index in [-0.39, 0.29) is 29.6 Å². The minimum Gasteiger partial charge on any atom is -0.462 e. The minimum atomic E-state index is -0.391. The summed E-state index contributed by atoms with van der Waals surface area (Å²) in [7, 11) is 0. The van der Waals surface area contributed by atoms with Gasteiger partial charge in [-0.15, -0.1) is 0 Å². The summed E-state index contributed by atoms with van der Waals surface area (Å²) in [6.07, 6.45) is 6.09. The molecule has 2 aliphatic rings. The average molecular weight is 475 g/mol. The van der Waals surface area contributed by atoms with Gasteiger partial charge in [-0.3, -0.25) is 19.3 Å². The number of imide groups is 1. The van der Waals surface area contributed by atoms with Gasteiger partial charge in [0.05, 0.1) is 29.7 Å². The number of nitrogens with zero attached hydrogens (tertiary/aromatic N) is 1. The lowest BCUT2D eigenvalue weighted by Gasteiger charge is -2.18. The lowest BCUT2D eigenvalue weighted by molar-refractivity contribution is -0.122. The molecule has 2 aromatic carbocycles. The number of fused-ring (bicyclic) bond motifs is 1. The third kappa shape index (κ3) is 5.34. The molecule has 182 valence electrons. The molecule has 2 atom stereocenters. The van der Waals surface area contributed by atoms with Gasteiger partial charge < -0.3 is 10.1 Å². The van der Waals surface area contributed by atoms with Crippen molar-refractivity contribution in [3.63, 3.8) is 0 Å². The summed E-state index contributed by atoms with van der Waals surface area (Å²) in [5.41, 5.74) is 2.79. The fraction of sp³-hybridized carbons (Fsp3) is 0.357. The Kier molecular flexibility index (Phi) is 7.44. The molecule has 7 heteroatoms. The summed E-state index contributed by atoms with van der Waals surface area (Å²) >= 11 is 0. The maximum atomic E-state index is 13.0. The van der Waals surface area contributed by atoms with Gasteiger partial charge in [-0.05, 0) is 68.7 Å². The first kappa shape index (κ1) is 24.4. The molecule has 1 aliphatic carbocycles. The number of hydrogen-bond acceptors (Lipinski definition) is 5. The standard InChI is InChI=1S/C28H30N2O5/c1-3-4-5-15-35-28(34)19-10-12-21(13-11-19)29-25(31)20-7-6-8-22(17-20)30-26(32)23-14-9-18(2)16-24(23)27(30)33/h6-13,17,23-24H,3-5,14-16H2,1-2H3,(H,29,31)/t23-,24+/m0/s1. The topological polar surface area (TPSA) is 92.8 Å². The van der Waals surface area contributed by atoms with Crippen LogP contribution in [0.5, 0.6) is 0 Å². The Morgan fingerprint density at radius 2 is 1.74 bits per heavy atom. The predicted octanol–water partition coefficient (Wildman–Crippen LogP) is 5.13. The zero-order valence-electron chi connectivity index (χ0n) is 20.1. The second-order valence-electron chi connectivity index (χ2n) is 9.14. The third-order valence-electron chi connectivity index (χ3n) is 6.55. The highest BCUT2D eigenvalue weighted by Crippen LogP contribution is 2.39. The lowest BCUT2D eigenvalue weighted by atomic mass is 9.82. The third-order valence-corrected chi connectivity index (χ3v) is 6.55. The first-order valence-corrected chi connectivity index (χ1v) is 12.1. The largest absolute Gasteiger partial charge is 0.462 e. The summed E-state index contributed by atoms with van der Waals surface area (Å²) in [5.74, 6) is -1.85. The molecule has 0 saturated carbocycles. The van der Waals surface area contributed by atoms with Crippen molar-refractivity contribution in [2.75, 3.05) is 16.8 Å². The number of hydrogen-bond donors (Lipinski definition) is 1. The van der Waals surface area contributed by atoms with Gasteiger partial charge in [-0.1, -0.05) is 37.5 Å². The van der Waals surface area contributed by atoms with Crippen LogP contribution in [0.2, 0.25) is 0 Å². The van der Waals surface area contributed by atoms with Crippen LogP contribution in [0.4, 0.5) is 11.4 Å². The number of carbonyl (C=O) groups is 4. The molecular weight excluding hydrogens is 444 g/mol. The van der Waals surface area contributed by atoms with Crippen molar-refractivity contribution in [3.05, 3.63) is 71.3 Å². The van der Waals surface area contributed by atoms with Crippen LogP contribution in [0.3, 0.4) is 0 Å². The highest BCUT2D eigenvalue weighted by atomic mass is 16.5. The van der Waals surface area contributed by atoms with Crippen LogP contribution in [-0.2, 0) is 14.3 Å². The maximum absolute atomic E-state index is 13.0. The van der Waals surface area contributed by atoms with E-state index in [1.165, 1.54) is 4.90 Å². The van der Waals surface area contributed by atoms with Crippen molar-refractivity contribution in [3.8, 4) is 0 Å². The number of unbranched alkanes of at least 4 members (excludes halogenated alkanes) is 2. The van der Waals surface area contributed by atoms with Crippen LogP contribution in [0, 0.1) is 11.8 Å². The number of amides is 3. The highest BCUT2D eigenvalue weighted by Gasteiger charge is 2.48. The molecule has 0 bridgehead atoms. The van der Waals surface area contributed by atoms with Crippen molar-refractivity contribution in [1.82, 2.24) is 0 Å². The number of carbonyl (C=O) groups excluding carboxylic acids is 4. The van der Waals surface area contributed by atoms with Crippen LogP contribution in [-0.4, -0.2) is 30.3 Å². The zero-order chi connectivity index (χ0) is 24.9. The number of ether oxygens (including phenoxy) is 1. The molecule has 0 aromatic heterocycles. The number of benzene rings is 2. The number of rotatable bonds is 8. The second-order valence-corrected chi connectivity index (χ2v) is 9.14. The van der Waals surface area contributed by atoms with Crippen LogP contribution in [0.25, 0.3) is 0 Å². The summed E-state index contributed by atoms with van der Waals surface area (Å²) in [5, 5.41) is 2.79. The summed E-state index contributed by atoms with van der Waals surface area (Å²) in [6, 6.07) is 13.0. The average Bonchev–Trinajstić information content (AvgIpc) is 3.11. The number of nitrogens with one attached hydrogen (secondary N) is 1. The molecule has 3 amide bonds. The number of allylic oxidation sites excluding steroid dienone is 2. The maximum Gasteiger partial charge on any atom is 0.338 e. The normalized spacial score (nSPS) is 19.3. The monoisotopic (exact) mass is 474 g/mol. The Balaban J connectivity index is 1.41. The first-order chi connectivity index (χ1) is 16.9. The van der Waals surface area contributed by atoms with Crippen molar-refractivity contribution in [2.45, 2.75) is 46.0 Å². The van der Waals surface area contributed by atoms with Crippen LogP contribution >= 0.6 is 0 Å². The number of esters is 1. The molecule has 1 heterocycles. The molecule has 35 heavy (non-hydrogen) atoms. The molecule has 1 N–H and O–H groups in total. The van der Waals surface area contributed by atoms with E-state index in [0.29, 0.717) is 42.0 Å². The van der Waals surface area contributed by atoms with Gasteiger partial charge in [0.1, 0.15) is 0 Å². The van der Waals surface area contributed by atoms with Crippen molar-refractivity contribution in [2.24, 2.45) is 11.8 Å². The van der Waals surface area contributed by atoms with E-state index in [9.17, 15) is 19.2 Å². The SMILES string of the molecule is CCCCCOC(=O)c1ccc(NC(=O)c2cccc(N3C(=O)[C@H]4CC=C(C)C[C@H]4C3=O)c2)cc1. The Labute approximate surface area is 205 Å². The van der Waals surface area contributed by atoms with Crippen LogP contribution < -0.4 is 10.2 Å². The minimum absolute atomic E-state index is 0.206. The van der Waals surface area contributed by atoms with Crippen LogP contribution in [0.1, 0.15) is 66.7 Å². The van der Waals surface area contributed by atoms with Gasteiger partial charge in [0.25, 0.3) is 5.91 Å². The van der Waals surface area contributed by atoms with E-state index in [1.807, 2.05) is 13.0 Å². The first-order valence-electron chi connectivity index (χ1n) is 12.1. The van der Waals surface area contributed by atoms with Gasteiger partial charge in [0.15, 0.2) is 0 Å². The molecule has 0 unspecified atom stereocenters. The molecular formula is C28H30N2O5. The smallest absolute Gasteiger partial charge is 0.338 e. The fourth-order valence-electron chi connectivity index (χ4n) is 4.57. The Hall–Kier alpha value is -3.74. The zero-order valence-corrected chi connectivity index (χ0v) is 20.1. The van der Waals surface area contributed by atoms with E-state index < -0.39 is 5.97 Å². The van der Waals surface area contributed by atoms with E-state index in [2.05, 4.69) is 12.2 Å². The molecule has 1 saturated heterocycles. The van der Waals surface area contributed by atoms with Crippen molar-refractivity contribution >= 4 is 35.1 Å². The molecule has 4 rings (SSSR count). The summed E-state index contributed by atoms with van der Waals surface area (Å²) in [6.45, 7) is 4.45. The van der Waals surface area contributed by atoms with E-state index in [0.717, 1.165) is 24.8 Å². The molecule has 2 aromatic rings. The van der Waals surface area contributed by atoms with Gasteiger partial charge in [0.2, 0.25) is 11.8 Å². The van der Waals surface area contributed by atoms with Gasteiger partial charge in [-0.2, -0.15) is 0 Å².